The molecule has 0 aromatic heterocycles. The number of benzene rings is 3. The van der Waals surface area contributed by atoms with E-state index in [-0.39, 0.29) is 18.0 Å². The highest BCUT2D eigenvalue weighted by Gasteiger charge is 2.13. The van der Waals surface area contributed by atoms with Crippen LogP contribution < -0.4 is 14.8 Å². The second-order valence-corrected chi connectivity index (χ2v) is 7.72. The summed E-state index contributed by atoms with van der Waals surface area (Å²) >= 11 is 0. The van der Waals surface area contributed by atoms with E-state index < -0.39 is 12.1 Å². The predicted octanol–water partition coefficient (Wildman–Crippen LogP) is 5.35. The highest BCUT2D eigenvalue weighted by atomic mass is 35.5. The fourth-order valence-corrected chi connectivity index (χ4v) is 3.34. The van der Waals surface area contributed by atoms with Gasteiger partial charge in [-0.25, -0.2) is 4.79 Å². The first-order valence-corrected chi connectivity index (χ1v) is 11.3. The lowest BCUT2D eigenvalue weighted by Crippen LogP contribution is -2.26. The van der Waals surface area contributed by atoms with Crippen molar-refractivity contribution < 1.29 is 24.5 Å². The monoisotopic (exact) mass is 485 g/mol. The molecule has 3 N–H and O–H groups in total. The van der Waals surface area contributed by atoms with Crippen LogP contribution in [0.5, 0.6) is 11.5 Å². The van der Waals surface area contributed by atoms with Gasteiger partial charge < -0.3 is 25.0 Å². The number of carboxylic acids is 1. The number of aliphatic hydroxyl groups is 1. The molecule has 0 saturated heterocycles. The van der Waals surface area contributed by atoms with E-state index in [4.69, 9.17) is 9.47 Å². The van der Waals surface area contributed by atoms with Gasteiger partial charge >= 0.3 is 5.97 Å². The molecule has 0 aliphatic carbocycles. The lowest BCUT2D eigenvalue weighted by Gasteiger charge is -2.13. The number of hydrogen-bond donors (Lipinski definition) is 3. The number of halogens is 1. The van der Waals surface area contributed by atoms with Crippen molar-refractivity contribution in [2.24, 2.45) is 0 Å². The van der Waals surface area contributed by atoms with E-state index in [9.17, 15) is 15.0 Å². The summed E-state index contributed by atoms with van der Waals surface area (Å²) in [6, 6.07) is 22.3. The van der Waals surface area contributed by atoms with E-state index in [1.165, 1.54) is 0 Å². The Morgan fingerprint density at radius 3 is 2.32 bits per heavy atom. The molecule has 3 aromatic carbocycles. The van der Waals surface area contributed by atoms with Crippen LogP contribution in [0.25, 0.3) is 11.1 Å². The first-order chi connectivity index (χ1) is 16.1. The maximum Gasteiger partial charge on any atom is 0.339 e. The summed E-state index contributed by atoms with van der Waals surface area (Å²) in [5.41, 5.74) is 2.88. The van der Waals surface area contributed by atoms with Gasteiger partial charge in [-0.2, -0.15) is 0 Å². The van der Waals surface area contributed by atoms with Crippen LogP contribution in [0.15, 0.2) is 72.8 Å². The van der Waals surface area contributed by atoms with E-state index in [1.807, 2.05) is 54.6 Å². The van der Waals surface area contributed by atoms with Gasteiger partial charge in [0.2, 0.25) is 0 Å². The number of unbranched alkanes of at least 4 members (excludes halogenated alkanes) is 1. The number of carboxylic acid groups (broad SMARTS) is 1. The van der Waals surface area contributed by atoms with Crippen molar-refractivity contribution in [2.45, 2.75) is 25.9 Å². The van der Waals surface area contributed by atoms with Crippen molar-refractivity contribution >= 4 is 18.4 Å². The number of ether oxygens (including phenoxy) is 2. The maximum atomic E-state index is 11.5. The van der Waals surface area contributed by atoms with E-state index in [1.54, 1.807) is 18.2 Å². The van der Waals surface area contributed by atoms with Crippen molar-refractivity contribution in [3.8, 4) is 22.6 Å². The third-order valence-electron chi connectivity index (χ3n) is 5.22. The van der Waals surface area contributed by atoms with Crippen LogP contribution in [-0.2, 0) is 0 Å². The standard InChI is InChI=1S/C27H31NO5.ClH/c1-2-3-16-33-26-18-22(11-14-24(26)27(30)31)20-9-12-23(13-10-20)32-17-15-28-19-25(29)21-7-5-4-6-8-21;/h4-14,18,25,28-29H,2-3,15-17,19H2,1H3,(H,30,31);1H/t25-;/m1./s1. The summed E-state index contributed by atoms with van der Waals surface area (Å²) < 4.78 is 11.5. The van der Waals surface area contributed by atoms with Crippen molar-refractivity contribution in [3.05, 3.63) is 83.9 Å². The minimum atomic E-state index is -0.998. The third-order valence-corrected chi connectivity index (χ3v) is 5.22. The summed E-state index contributed by atoms with van der Waals surface area (Å²) in [4.78, 5) is 11.5. The topological polar surface area (TPSA) is 88.0 Å². The second kappa shape index (κ2) is 14.3. The Kier molecular flexibility index (Phi) is 11.4. The Morgan fingerprint density at radius 2 is 1.65 bits per heavy atom. The Hall–Kier alpha value is -3.06. The van der Waals surface area contributed by atoms with Gasteiger partial charge in [0.1, 0.15) is 23.7 Å². The maximum absolute atomic E-state index is 11.5. The lowest BCUT2D eigenvalue weighted by molar-refractivity contribution is 0.0692. The zero-order chi connectivity index (χ0) is 23.5. The number of aliphatic hydroxyl groups excluding tert-OH is 1. The SMILES string of the molecule is CCCCOc1cc(-c2ccc(OCCNC[C@@H](O)c3ccccc3)cc2)ccc1C(=O)O.Cl. The summed E-state index contributed by atoms with van der Waals surface area (Å²) in [6.45, 7) is 4.10. The largest absolute Gasteiger partial charge is 0.493 e. The first kappa shape index (κ1) is 27.2. The minimum Gasteiger partial charge on any atom is -0.493 e. The molecule has 0 aliphatic heterocycles. The molecule has 0 spiro atoms. The van der Waals surface area contributed by atoms with Gasteiger partial charge in [0.15, 0.2) is 0 Å². The smallest absolute Gasteiger partial charge is 0.339 e. The Labute approximate surface area is 207 Å². The molecule has 0 fully saturated rings. The van der Waals surface area contributed by atoms with Crippen LogP contribution in [-0.4, -0.2) is 42.5 Å². The predicted molar refractivity (Wildman–Crippen MR) is 136 cm³/mol. The molecule has 0 amide bonds. The average Bonchev–Trinajstić information content (AvgIpc) is 2.84. The molecule has 0 saturated carbocycles. The Bertz CT molecular complexity index is 1010. The number of carbonyl (C=O) groups is 1. The number of rotatable bonds is 13. The Morgan fingerprint density at radius 1 is 0.941 bits per heavy atom. The van der Waals surface area contributed by atoms with E-state index in [0.29, 0.717) is 32.1 Å². The van der Waals surface area contributed by atoms with Gasteiger partial charge in [-0.1, -0.05) is 61.9 Å². The zero-order valence-corrected chi connectivity index (χ0v) is 20.1. The molecular formula is C27H32ClNO5. The molecule has 6 nitrogen and oxygen atoms in total. The molecular weight excluding hydrogens is 454 g/mol. The van der Waals surface area contributed by atoms with Crippen LogP contribution in [0, 0.1) is 0 Å². The molecule has 182 valence electrons. The van der Waals surface area contributed by atoms with E-state index in [2.05, 4.69) is 12.2 Å². The van der Waals surface area contributed by atoms with Crippen molar-refractivity contribution in [2.75, 3.05) is 26.3 Å². The van der Waals surface area contributed by atoms with Crippen LogP contribution in [0.2, 0.25) is 0 Å². The normalized spacial score (nSPS) is 11.4. The average molecular weight is 486 g/mol. The van der Waals surface area contributed by atoms with Gasteiger partial charge in [0.25, 0.3) is 0 Å². The lowest BCUT2D eigenvalue weighted by atomic mass is 10.0. The van der Waals surface area contributed by atoms with E-state index in [0.717, 1.165) is 35.3 Å². The van der Waals surface area contributed by atoms with E-state index >= 15 is 0 Å². The zero-order valence-electron chi connectivity index (χ0n) is 19.3. The molecule has 0 aliphatic rings. The molecule has 3 rings (SSSR count). The summed E-state index contributed by atoms with van der Waals surface area (Å²) in [7, 11) is 0. The fourth-order valence-electron chi connectivity index (χ4n) is 3.34. The fraction of sp³-hybridized carbons (Fsp3) is 0.296. The number of hydrogen-bond acceptors (Lipinski definition) is 5. The Balaban J connectivity index is 0.00000408. The third kappa shape index (κ3) is 8.06. The second-order valence-electron chi connectivity index (χ2n) is 7.72. The molecule has 0 bridgehead atoms. The summed E-state index contributed by atoms with van der Waals surface area (Å²) in [5, 5.41) is 22.8. The molecule has 3 aromatic rings. The van der Waals surface area contributed by atoms with Gasteiger partial charge in [0.05, 0.1) is 12.7 Å². The van der Waals surface area contributed by atoms with Gasteiger partial charge in [0, 0.05) is 13.1 Å². The molecule has 34 heavy (non-hydrogen) atoms. The molecule has 0 unspecified atom stereocenters. The van der Waals surface area contributed by atoms with Gasteiger partial charge in [-0.05, 0) is 47.4 Å². The number of nitrogens with one attached hydrogen (secondary N) is 1. The van der Waals surface area contributed by atoms with Crippen LogP contribution in [0.4, 0.5) is 0 Å². The summed E-state index contributed by atoms with van der Waals surface area (Å²) in [5.74, 6) is 0.130. The van der Waals surface area contributed by atoms with Crippen molar-refractivity contribution in [1.29, 1.82) is 0 Å². The summed E-state index contributed by atoms with van der Waals surface area (Å²) in [6.07, 6.45) is 1.30. The van der Waals surface area contributed by atoms with Crippen LogP contribution >= 0.6 is 12.4 Å². The van der Waals surface area contributed by atoms with Crippen LogP contribution in [0.1, 0.15) is 41.8 Å². The van der Waals surface area contributed by atoms with Crippen molar-refractivity contribution in [1.82, 2.24) is 5.32 Å². The molecule has 7 heteroatoms. The molecule has 1 atom stereocenters. The minimum absolute atomic E-state index is 0. The molecule has 0 radical (unpaired) electrons. The number of aromatic carboxylic acids is 1. The van der Waals surface area contributed by atoms with Gasteiger partial charge in [-0.15, -0.1) is 12.4 Å². The van der Waals surface area contributed by atoms with Gasteiger partial charge in [-0.3, -0.25) is 0 Å². The highest BCUT2D eigenvalue weighted by Crippen LogP contribution is 2.29. The van der Waals surface area contributed by atoms with Crippen molar-refractivity contribution in [3.63, 3.8) is 0 Å². The highest BCUT2D eigenvalue weighted by molar-refractivity contribution is 5.92. The molecule has 0 heterocycles. The first-order valence-electron chi connectivity index (χ1n) is 11.3. The quantitative estimate of drug-likeness (QED) is 0.283. The van der Waals surface area contributed by atoms with Crippen LogP contribution in [0.3, 0.4) is 0 Å².